The van der Waals surface area contributed by atoms with Crippen molar-refractivity contribution in [2.75, 3.05) is 7.05 Å². The zero-order valence-corrected chi connectivity index (χ0v) is 18.2. The SMILES string of the molecule is CCC(C)CC(C)C(C)CC1C(C)C1C(CC(C)C(C)CC)NC. The van der Waals surface area contributed by atoms with Crippen LogP contribution in [0.3, 0.4) is 0 Å². The minimum absolute atomic E-state index is 0.728. The molecule has 1 fully saturated rings. The summed E-state index contributed by atoms with van der Waals surface area (Å²) < 4.78 is 0. The highest BCUT2D eigenvalue weighted by atomic mass is 14.9. The Labute approximate surface area is 153 Å². The summed E-state index contributed by atoms with van der Waals surface area (Å²) in [5.41, 5.74) is 0. The maximum Gasteiger partial charge on any atom is 0.0100 e. The molecule has 1 heteroatoms. The summed E-state index contributed by atoms with van der Waals surface area (Å²) in [6, 6.07) is 0.728. The van der Waals surface area contributed by atoms with Crippen LogP contribution in [0, 0.1) is 47.3 Å². The lowest BCUT2D eigenvalue weighted by molar-refractivity contribution is 0.266. The second-order valence-corrected chi connectivity index (χ2v) is 9.53. The van der Waals surface area contributed by atoms with Crippen molar-refractivity contribution in [1.82, 2.24) is 5.32 Å². The van der Waals surface area contributed by atoms with E-state index in [1.165, 1.54) is 32.1 Å². The van der Waals surface area contributed by atoms with Crippen LogP contribution in [0.2, 0.25) is 0 Å². The van der Waals surface area contributed by atoms with Crippen LogP contribution in [0.25, 0.3) is 0 Å². The topological polar surface area (TPSA) is 12.0 Å². The second kappa shape index (κ2) is 10.2. The van der Waals surface area contributed by atoms with E-state index in [9.17, 15) is 0 Å². The summed E-state index contributed by atoms with van der Waals surface area (Å²) in [6.45, 7) is 19.4. The molecule has 1 nitrogen and oxygen atoms in total. The fourth-order valence-electron chi connectivity index (χ4n) is 4.81. The molecule has 0 bridgehead atoms. The third-order valence-corrected chi connectivity index (χ3v) is 7.80. The lowest BCUT2D eigenvalue weighted by Gasteiger charge is -2.26. The quantitative estimate of drug-likeness (QED) is 0.421. The summed E-state index contributed by atoms with van der Waals surface area (Å²) in [7, 11) is 2.19. The van der Waals surface area contributed by atoms with Crippen LogP contribution in [0.5, 0.6) is 0 Å². The monoisotopic (exact) mass is 337 g/mol. The molecule has 9 unspecified atom stereocenters. The molecule has 0 amide bonds. The van der Waals surface area contributed by atoms with Gasteiger partial charge in [0, 0.05) is 6.04 Å². The Kier molecular flexibility index (Phi) is 9.34. The van der Waals surface area contributed by atoms with E-state index in [0.29, 0.717) is 0 Å². The molecule has 1 rings (SSSR count). The Morgan fingerprint density at radius 3 is 1.88 bits per heavy atom. The Morgan fingerprint density at radius 2 is 1.38 bits per heavy atom. The molecule has 1 aliphatic rings. The van der Waals surface area contributed by atoms with Crippen molar-refractivity contribution < 1.29 is 0 Å². The van der Waals surface area contributed by atoms with Crippen LogP contribution >= 0.6 is 0 Å². The molecule has 0 saturated heterocycles. The molecule has 144 valence electrons. The predicted octanol–water partition coefficient (Wildman–Crippen LogP) is 6.63. The van der Waals surface area contributed by atoms with E-state index in [-0.39, 0.29) is 0 Å². The molecule has 9 atom stereocenters. The van der Waals surface area contributed by atoms with Gasteiger partial charge in [-0.05, 0) is 73.7 Å². The van der Waals surface area contributed by atoms with E-state index in [2.05, 4.69) is 67.8 Å². The highest BCUT2D eigenvalue weighted by Crippen LogP contribution is 2.53. The first-order valence-corrected chi connectivity index (χ1v) is 10.9. The van der Waals surface area contributed by atoms with Gasteiger partial charge in [-0.1, -0.05) is 68.2 Å². The van der Waals surface area contributed by atoms with E-state index >= 15 is 0 Å². The Balaban J connectivity index is 2.51. The Morgan fingerprint density at radius 1 is 0.792 bits per heavy atom. The van der Waals surface area contributed by atoms with Gasteiger partial charge in [0.2, 0.25) is 0 Å². The maximum atomic E-state index is 3.68. The third kappa shape index (κ3) is 6.04. The van der Waals surface area contributed by atoms with Crippen molar-refractivity contribution in [3.8, 4) is 0 Å². The summed E-state index contributed by atoms with van der Waals surface area (Å²) in [5, 5.41) is 3.68. The van der Waals surface area contributed by atoms with Crippen LogP contribution < -0.4 is 5.32 Å². The largest absolute Gasteiger partial charge is 0.317 e. The highest BCUT2D eigenvalue weighted by Gasteiger charge is 2.50. The van der Waals surface area contributed by atoms with Crippen molar-refractivity contribution in [1.29, 1.82) is 0 Å². The van der Waals surface area contributed by atoms with E-state index in [0.717, 1.165) is 53.4 Å². The number of nitrogens with one attached hydrogen (secondary N) is 1. The van der Waals surface area contributed by atoms with E-state index < -0.39 is 0 Å². The standard InChI is InChI=1S/C23H47N/c1-10-15(3)12-17(5)18(6)13-21-20(8)23(21)22(24-9)14-19(7)16(4)11-2/h15-24H,10-14H2,1-9H3. The van der Waals surface area contributed by atoms with Gasteiger partial charge in [0.25, 0.3) is 0 Å². The lowest BCUT2D eigenvalue weighted by Crippen LogP contribution is -2.32. The molecule has 0 aromatic heterocycles. The smallest absolute Gasteiger partial charge is 0.0100 e. The van der Waals surface area contributed by atoms with Crippen molar-refractivity contribution in [3.05, 3.63) is 0 Å². The second-order valence-electron chi connectivity index (χ2n) is 9.53. The first kappa shape index (κ1) is 22.0. The Bertz CT molecular complexity index is 339. The minimum atomic E-state index is 0.728. The molecule has 1 N–H and O–H groups in total. The normalized spacial score (nSPS) is 31.1. The number of hydrogen-bond donors (Lipinski definition) is 1. The zero-order chi connectivity index (χ0) is 18.4. The van der Waals surface area contributed by atoms with E-state index in [4.69, 9.17) is 0 Å². The van der Waals surface area contributed by atoms with E-state index in [1.54, 1.807) is 0 Å². The molecule has 0 aliphatic heterocycles. The molecule has 0 spiro atoms. The van der Waals surface area contributed by atoms with Gasteiger partial charge in [-0.25, -0.2) is 0 Å². The van der Waals surface area contributed by atoms with Crippen molar-refractivity contribution >= 4 is 0 Å². The minimum Gasteiger partial charge on any atom is -0.317 e. The molecule has 0 aromatic carbocycles. The predicted molar refractivity (Wildman–Crippen MR) is 109 cm³/mol. The van der Waals surface area contributed by atoms with Gasteiger partial charge in [0.15, 0.2) is 0 Å². The summed E-state index contributed by atoms with van der Waals surface area (Å²) in [5.74, 6) is 7.12. The highest BCUT2D eigenvalue weighted by molar-refractivity contribution is 5.01. The maximum absolute atomic E-state index is 3.68. The fraction of sp³-hybridized carbons (Fsp3) is 1.00. The number of hydrogen-bond acceptors (Lipinski definition) is 1. The summed E-state index contributed by atoms with van der Waals surface area (Å²) >= 11 is 0. The molecular weight excluding hydrogens is 290 g/mol. The molecule has 1 saturated carbocycles. The average Bonchev–Trinajstić information content (AvgIpc) is 3.19. The van der Waals surface area contributed by atoms with Gasteiger partial charge in [0.1, 0.15) is 0 Å². The summed E-state index contributed by atoms with van der Waals surface area (Å²) in [4.78, 5) is 0. The molecular formula is C23H47N. The van der Waals surface area contributed by atoms with Gasteiger partial charge >= 0.3 is 0 Å². The van der Waals surface area contributed by atoms with Gasteiger partial charge < -0.3 is 5.32 Å². The summed E-state index contributed by atoms with van der Waals surface area (Å²) in [6.07, 6.45) is 6.84. The first-order valence-electron chi connectivity index (χ1n) is 10.9. The van der Waals surface area contributed by atoms with Crippen molar-refractivity contribution in [3.63, 3.8) is 0 Å². The van der Waals surface area contributed by atoms with Crippen molar-refractivity contribution in [2.45, 2.75) is 93.5 Å². The van der Waals surface area contributed by atoms with Gasteiger partial charge in [-0.2, -0.15) is 0 Å². The molecule has 24 heavy (non-hydrogen) atoms. The average molecular weight is 338 g/mol. The molecule has 0 heterocycles. The van der Waals surface area contributed by atoms with Crippen molar-refractivity contribution in [2.24, 2.45) is 47.3 Å². The first-order chi connectivity index (χ1) is 11.3. The number of rotatable bonds is 12. The van der Waals surface area contributed by atoms with E-state index in [1.807, 2.05) is 0 Å². The van der Waals surface area contributed by atoms with Crippen LogP contribution in [-0.4, -0.2) is 13.1 Å². The molecule has 0 aromatic rings. The Hall–Kier alpha value is -0.0400. The lowest BCUT2D eigenvalue weighted by atomic mass is 9.82. The third-order valence-electron chi connectivity index (χ3n) is 7.80. The molecule has 0 radical (unpaired) electrons. The van der Waals surface area contributed by atoms with Crippen LogP contribution in [0.1, 0.15) is 87.5 Å². The van der Waals surface area contributed by atoms with Crippen LogP contribution in [0.4, 0.5) is 0 Å². The van der Waals surface area contributed by atoms with Gasteiger partial charge in [-0.3, -0.25) is 0 Å². The van der Waals surface area contributed by atoms with Gasteiger partial charge in [-0.15, -0.1) is 0 Å². The van der Waals surface area contributed by atoms with Crippen LogP contribution in [-0.2, 0) is 0 Å². The van der Waals surface area contributed by atoms with Crippen LogP contribution in [0.15, 0.2) is 0 Å². The zero-order valence-electron chi connectivity index (χ0n) is 18.2. The van der Waals surface area contributed by atoms with Gasteiger partial charge in [0.05, 0.1) is 0 Å². The fourth-order valence-corrected chi connectivity index (χ4v) is 4.81. The molecule has 1 aliphatic carbocycles.